The maximum Gasteiger partial charge on any atom is 0.364 e. The number of hydrogen-bond acceptors (Lipinski definition) is 5. The lowest BCUT2D eigenvalue weighted by atomic mass is 10.1. The molecule has 0 fully saturated rings. The Morgan fingerprint density at radius 1 is 1.07 bits per heavy atom. The minimum atomic E-state index is -0.652. The van der Waals surface area contributed by atoms with E-state index in [1.165, 1.54) is 11.6 Å². The first-order valence-corrected chi connectivity index (χ1v) is 8.95. The van der Waals surface area contributed by atoms with E-state index in [0.717, 1.165) is 0 Å². The molecule has 0 saturated carbocycles. The summed E-state index contributed by atoms with van der Waals surface area (Å²) in [6.45, 7) is 5.75. The van der Waals surface area contributed by atoms with Gasteiger partial charge >= 0.3 is 5.97 Å². The van der Waals surface area contributed by atoms with E-state index in [2.05, 4.69) is 10.4 Å². The van der Waals surface area contributed by atoms with Crippen LogP contribution in [0.1, 0.15) is 31.3 Å². The molecule has 0 aliphatic carbocycles. The number of hydrogen-bond donors (Lipinski definition) is 1. The fourth-order valence-electron chi connectivity index (χ4n) is 2.82. The highest BCUT2D eigenvalue weighted by Gasteiger charge is 2.19. The van der Waals surface area contributed by atoms with Crippen LogP contribution in [-0.4, -0.2) is 21.7 Å². The lowest BCUT2D eigenvalue weighted by Gasteiger charge is -2.12. The molecule has 3 rings (SSSR count). The zero-order valence-electron chi connectivity index (χ0n) is 15.9. The Balaban J connectivity index is 1.95. The SMILES string of the molecule is CC(=O)Nc1ccc(OC(=O)c2nn(CC(C)C)c(=O)c3ccccc23)cc1. The van der Waals surface area contributed by atoms with E-state index in [1.807, 2.05) is 13.8 Å². The minimum Gasteiger partial charge on any atom is -0.422 e. The molecule has 7 heteroatoms. The number of carbonyl (C=O) groups excluding carboxylic acids is 2. The van der Waals surface area contributed by atoms with E-state index in [-0.39, 0.29) is 23.1 Å². The molecule has 144 valence electrons. The normalized spacial score (nSPS) is 10.9. The second-order valence-electron chi connectivity index (χ2n) is 6.87. The number of benzene rings is 2. The van der Waals surface area contributed by atoms with Crippen molar-refractivity contribution < 1.29 is 14.3 Å². The van der Waals surface area contributed by atoms with Crippen LogP contribution in [0.4, 0.5) is 5.69 Å². The molecule has 0 bridgehead atoms. The van der Waals surface area contributed by atoms with Gasteiger partial charge in [-0.3, -0.25) is 9.59 Å². The number of nitrogens with zero attached hydrogens (tertiary/aromatic N) is 2. The molecule has 0 spiro atoms. The first kappa shape index (κ1) is 19.3. The number of ether oxygens (including phenoxy) is 1. The Hall–Kier alpha value is -3.48. The molecule has 1 N–H and O–H groups in total. The van der Waals surface area contributed by atoms with Gasteiger partial charge in [0.2, 0.25) is 5.91 Å². The van der Waals surface area contributed by atoms with Crippen molar-refractivity contribution in [1.82, 2.24) is 9.78 Å². The molecule has 0 aliphatic rings. The van der Waals surface area contributed by atoms with E-state index >= 15 is 0 Å². The van der Waals surface area contributed by atoms with Gasteiger partial charge in [-0.2, -0.15) is 5.10 Å². The van der Waals surface area contributed by atoms with Crippen molar-refractivity contribution in [2.45, 2.75) is 27.3 Å². The molecule has 0 atom stereocenters. The van der Waals surface area contributed by atoms with E-state index in [9.17, 15) is 14.4 Å². The molecule has 1 amide bonds. The second-order valence-corrected chi connectivity index (χ2v) is 6.87. The molecule has 7 nitrogen and oxygen atoms in total. The number of anilines is 1. The number of rotatable bonds is 5. The number of carbonyl (C=O) groups is 2. The quantitative estimate of drug-likeness (QED) is 0.543. The molecule has 0 aliphatic heterocycles. The van der Waals surface area contributed by atoms with Gasteiger partial charge < -0.3 is 10.1 Å². The Bertz CT molecular complexity index is 1080. The topological polar surface area (TPSA) is 90.3 Å². The molecular formula is C21H21N3O4. The Labute approximate surface area is 161 Å². The molecule has 1 aromatic heterocycles. The number of nitrogens with one attached hydrogen (secondary N) is 1. The summed E-state index contributed by atoms with van der Waals surface area (Å²) in [5.41, 5.74) is 0.448. The van der Waals surface area contributed by atoms with Crippen molar-refractivity contribution in [3.8, 4) is 5.75 Å². The molecule has 0 unspecified atom stereocenters. The molecule has 1 heterocycles. The highest BCUT2D eigenvalue weighted by Crippen LogP contribution is 2.19. The average Bonchev–Trinajstić information content (AvgIpc) is 2.65. The Morgan fingerprint density at radius 2 is 1.71 bits per heavy atom. The third-order valence-electron chi connectivity index (χ3n) is 3.98. The van der Waals surface area contributed by atoms with Gasteiger partial charge in [-0.25, -0.2) is 9.48 Å². The fourth-order valence-corrected chi connectivity index (χ4v) is 2.82. The highest BCUT2D eigenvalue weighted by atomic mass is 16.5. The van der Waals surface area contributed by atoms with Gasteiger partial charge in [-0.15, -0.1) is 0 Å². The first-order valence-electron chi connectivity index (χ1n) is 8.95. The van der Waals surface area contributed by atoms with Gasteiger partial charge in [-0.1, -0.05) is 32.0 Å². The summed E-state index contributed by atoms with van der Waals surface area (Å²) in [6, 6.07) is 13.3. The minimum absolute atomic E-state index is 0.0850. The van der Waals surface area contributed by atoms with Crippen LogP contribution in [0.5, 0.6) is 5.75 Å². The first-order chi connectivity index (χ1) is 13.3. The van der Waals surface area contributed by atoms with Gasteiger partial charge in [0.25, 0.3) is 5.56 Å². The van der Waals surface area contributed by atoms with Gasteiger partial charge in [0.05, 0.1) is 5.39 Å². The lowest BCUT2D eigenvalue weighted by molar-refractivity contribution is -0.114. The standard InChI is InChI=1S/C21H21N3O4/c1-13(2)12-24-20(26)18-7-5-4-6-17(18)19(23-24)21(27)28-16-10-8-15(9-11-16)22-14(3)25/h4-11,13H,12H2,1-3H3,(H,22,25). The molecule has 28 heavy (non-hydrogen) atoms. The largest absolute Gasteiger partial charge is 0.422 e. The van der Waals surface area contributed by atoms with E-state index in [1.54, 1.807) is 48.5 Å². The lowest BCUT2D eigenvalue weighted by Crippen LogP contribution is -2.28. The molecule has 0 radical (unpaired) electrons. The summed E-state index contributed by atoms with van der Waals surface area (Å²) in [5.74, 6) is -0.336. The number of fused-ring (bicyclic) bond motifs is 1. The van der Waals surface area contributed by atoms with Crippen LogP contribution in [0.25, 0.3) is 10.8 Å². The van der Waals surface area contributed by atoms with Crippen molar-refractivity contribution >= 4 is 28.3 Å². The van der Waals surface area contributed by atoms with Crippen molar-refractivity contribution in [3.63, 3.8) is 0 Å². The third-order valence-corrected chi connectivity index (χ3v) is 3.98. The van der Waals surface area contributed by atoms with Crippen molar-refractivity contribution in [2.24, 2.45) is 5.92 Å². The van der Waals surface area contributed by atoms with Gasteiger partial charge in [0.15, 0.2) is 5.69 Å². The number of esters is 1. The summed E-state index contributed by atoms with van der Waals surface area (Å²) in [4.78, 5) is 36.5. The van der Waals surface area contributed by atoms with Gasteiger partial charge in [0, 0.05) is 24.5 Å². The zero-order valence-corrected chi connectivity index (χ0v) is 15.9. The number of amides is 1. The summed E-state index contributed by atoms with van der Waals surface area (Å²) >= 11 is 0. The van der Waals surface area contributed by atoms with Crippen molar-refractivity contribution in [3.05, 3.63) is 64.6 Å². The highest BCUT2D eigenvalue weighted by molar-refractivity contribution is 6.02. The van der Waals surface area contributed by atoms with Crippen molar-refractivity contribution in [2.75, 3.05) is 5.32 Å². The summed E-state index contributed by atoms with van der Waals surface area (Å²) in [6.07, 6.45) is 0. The van der Waals surface area contributed by atoms with Gasteiger partial charge in [0.1, 0.15) is 5.75 Å². The zero-order chi connectivity index (χ0) is 20.3. The molecular weight excluding hydrogens is 358 g/mol. The Morgan fingerprint density at radius 3 is 2.32 bits per heavy atom. The van der Waals surface area contributed by atoms with Crippen LogP contribution in [0, 0.1) is 5.92 Å². The maximum absolute atomic E-state index is 12.8. The predicted molar refractivity (Wildman–Crippen MR) is 107 cm³/mol. The van der Waals surface area contributed by atoms with Crippen molar-refractivity contribution in [1.29, 1.82) is 0 Å². The Kier molecular flexibility index (Phi) is 5.54. The maximum atomic E-state index is 12.8. The smallest absolute Gasteiger partial charge is 0.364 e. The average molecular weight is 379 g/mol. The van der Waals surface area contributed by atoms with Crippen LogP contribution in [-0.2, 0) is 11.3 Å². The van der Waals surface area contributed by atoms with E-state index < -0.39 is 5.97 Å². The summed E-state index contributed by atoms with van der Waals surface area (Å²) in [5, 5.41) is 7.78. The second kappa shape index (κ2) is 8.04. The number of aromatic nitrogens is 2. The van der Waals surface area contributed by atoms with Gasteiger partial charge in [-0.05, 0) is 36.2 Å². The van der Waals surface area contributed by atoms with Crippen LogP contribution in [0.15, 0.2) is 53.3 Å². The van der Waals surface area contributed by atoms with E-state index in [0.29, 0.717) is 28.8 Å². The van der Waals surface area contributed by atoms with Crippen LogP contribution < -0.4 is 15.6 Å². The van der Waals surface area contributed by atoms with E-state index in [4.69, 9.17) is 4.74 Å². The molecule has 2 aromatic carbocycles. The van der Waals surface area contributed by atoms with Crippen LogP contribution >= 0.6 is 0 Å². The fraction of sp³-hybridized carbons (Fsp3) is 0.238. The molecule has 3 aromatic rings. The predicted octanol–water partition coefficient (Wildman–Crippen LogP) is 3.23. The monoisotopic (exact) mass is 379 g/mol. The summed E-state index contributed by atoms with van der Waals surface area (Å²) < 4.78 is 6.75. The molecule has 0 saturated heterocycles. The van der Waals surface area contributed by atoms with Crippen LogP contribution in [0.3, 0.4) is 0 Å². The van der Waals surface area contributed by atoms with Crippen LogP contribution in [0.2, 0.25) is 0 Å². The third kappa shape index (κ3) is 4.25. The summed E-state index contributed by atoms with van der Waals surface area (Å²) in [7, 11) is 0.